The average molecular weight is 408 g/mol. The SMILES string of the molecule is COCCCN1C(=O)c2[nH]nc(-c3ccc(OC)c(OC)c3)c2C1c1ccccn1. The van der Waals surface area contributed by atoms with Crippen molar-refractivity contribution >= 4 is 5.91 Å². The molecule has 0 saturated heterocycles. The lowest BCUT2D eigenvalue weighted by molar-refractivity contribution is 0.0720. The van der Waals surface area contributed by atoms with Crippen LogP contribution in [0.3, 0.4) is 0 Å². The van der Waals surface area contributed by atoms with Gasteiger partial charge in [-0.1, -0.05) is 6.07 Å². The molecule has 0 saturated carbocycles. The second-order valence-corrected chi connectivity index (χ2v) is 6.93. The van der Waals surface area contributed by atoms with Gasteiger partial charge in [0.15, 0.2) is 11.5 Å². The molecule has 0 radical (unpaired) electrons. The van der Waals surface area contributed by atoms with Gasteiger partial charge in [-0.15, -0.1) is 0 Å². The second-order valence-electron chi connectivity index (χ2n) is 6.93. The van der Waals surface area contributed by atoms with Gasteiger partial charge in [0.2, 0.25) is 0 Å². The van der Waals surface area contributed by atoms with Crippen LogP contribution in [0.15, 0.2) is 42.6 Å². The van der Waals surface area contributed by atoms with Crippen LogP contribution in [-0.2, 0) is 4.74 Å². The topological polar surface area (TPSA) is 89.6 Å². The molecule has 0 aliphatic carbocycles. The molecule has 3 heterocycles. The first kappa shape index (κ1) is 19.9. The molecule has 8 heteroatoms. The minimum atomic E-state index is -0.326. The summed E-state index contributed by atoms with van der Waals surface area (Å²) >= 11 is 0. The van der Waals surface area contributed by atoms with Crippen LogP contribution in [0.1, 0.15) is 34.2 Å². The first-order valence-electron chi connectivity index (χ1n) is 9.71. The van der Waals surface area contributed by atoms with Gasteiger partial charge in [-0.2, -0.15) is 5.10 Å². The minimum Gasteiger partial charge on any atom is -0.493 e. The van der Waals surface area contributed by atoms with Crippen molar-refractivity contribution in [1.82, 2.24) is 20.1 Å². The molecule has 1 aromatic carbocycles. The molecule has 0 spiro atoms. The maximum absolute atomic E-state index is 13.2. The zero-order valence-corrected chi connectivity index (χ0v) is 17.2. The molecule has 1 aliphatic heterocycles. The summed E-state index contributed by atoms with van der Waals surface area (Å²) in [6, 6.07) is 11.0. The van der Waals surface area contributed by atoms with Gasteiger partial charge >= 0.3 is 0 Å². The number of hydrogen-bond donors (Lipinski definition) is 1. The van der Waals surface area contributed by atoms with Crippen LogP contribution in [0.4, 0.5) is 0 Å². The fourth-order valence-electron chi connectivity index (χ4n) is 3.86. The molecule has 0 fully saturated rings. The summed E-state index contributed by atoms with van der Waals surface area (Å²) in [5, 5.41) is 7.42. The molecule has 1 N–H and O–H groups in total. The molecule has 3 aromatic rings. The highest BCUT2D eigenvalue weighted by atomic mass is 16.5. The van der Waals surface area contributed by atoms with E-state index in [9.17, 15) is 4.79 Å². The number of amides is 1. The zero-order chi connectivity index (χ0) is 21.1. The lowest BCUT2D eigenvalue weighted by Crippen LogP contribution is -2.31. The van der Waals surface area contributed by atoms with Crippen molar-refractivity contribution in [2.75, 3.05) is 34.5 Å². The summed E-state index contributed by atoms with van der Waals surface area (Å²) in [5.41, 5.74) is 3.64. The smallest absolute Gasteiger partial charge is 0.273 e. The third kappa shape index (κ3) is 3.39. The number of carbonyl (C=O) groups is 1. The van der Waals surface area contributed by atoms with E-state index in [1.807, 2.05) is 41.3 Å². The molecule has 1 aliphatic rings. The lowest BCUT2D eigenvalue weighted by Gasteiger charge is -2.25. The van der Waals surface area contributed by atoms with Gasteiger partial charge in [0.1, 0.15) is 11.7 Å². The third-order valence-electron chi connectivity index (χ3n) is 5.24. The largest absolute Gasteiger partial charge is 0.493 e. The van der Waals surface area contributed by atoms with Crippen molar-refractivity contribution in [2.45, 2.75) is 12.5 Å². The van der Waals surface area contributed by atoms with Crippen molar-refractivity contribution in [1.29, 1.82) is 0 Å². The van der Waals surface area contributed by atoms with E-state index in [0.29, 0.717) is 36.0 Å². The van der Waals surface area contributed by atoms with Crippen LogP contribution in [0.25, 0.3) is 11.3 Å². The first-order chi connectivity index (χ1) is 14.7. The van der Waals surface area contributed by atoms with Crippen molar-refractivity contribution in [3.8, 4) is 22.8 Å². The summed E-state index contributed by atoms with van der Waals surface area (Å²) in [6.07, 6.45) is 2.47. The van der Waals surface area contributed by atoms with E-state index in [2.05, 4.69) is 15.2 Å². The number of nitrogens with one attached hydrogen (secondary N) is 1. The monoisotopic (exact) mass is 408 g/mol. The Hall–Kier alpha value is -3.39. The molecular formula is C22H24N4O4. The molecule has 4 rings (SSSR count). The number of H-pyrrole nitrogens is 1. The Labute approximate surface area is 174 Å². The molecule has 1 amide bonds. The number of fused-ring (bicyclic) bond motifs is 1. The minimum absolute atomic E-state index is 0.0871. The van der Waals surface area contributed by atoms with Gasteiger partial charge in [-0.25, -0.2) is 0 Å². The third-order valence-corrected chi connectivity index (χ3v) is 5.24. The van der Waals surface area contributed by atoms with Gasteiger partial charge in [-0.05, 0) is 36.8 Å². The molecule has 156 valence electrons. The Morgan fingerprint density at radius 1 is 1.10 bits per heavy atom. The Bertz CT molecular complexity index is 1030. The van der Waals surface area contributed by atoms with Crippen molar-refractivity contribution < 1.29 is 19.0 Å². The quantitative estimate of drug-likeness (QED) is 0.576. The van der Waals surface area contributed by atoms with E-state index in [1.54, 1.807) is 27.5 Å². The fourth-order valence-corrected chi connectivity index (χ4v) is 3.86. The first-order valence-corrected chi connectivity index (χ1v) is 9.71. The number of pyridine rings is 1. The van der Waals surface area contributed by atoms with E-state index in [1.165, 1.54) is 0 Å². The molecule has 8 nitrogen and oxygen atoms in total. The Balaban J connectivity index is 1.81. The summed E-state index contributed by atoms with van der Waals surface area (Å²) in [6.45, 7) is 1.13. The van der Waals surface area contributed by atoms with Gasteiger partial charge in [0.05, 0.1) is 25.6 Å². The standard InChI is InChI=1S/C22H24N4O4/c1-28-12-6-11-26-21(15-7-4-5-10-23-15)18-19(24-25-20(18)22(26)27)14-8-9-16(29-2)17(13-14)30-3/h4-5,7-10,13,21H,6,11-12H2,1-3H3,(H,24,25). The van der Waals surface area contributed by atoms with E-state index in [0.717, 1.165) is 23.2 Å². The summed E-state index contributed by atoms with van der Waals surface area (Å²) in [7, 11) is 4.84. The van der Waals surface area contributed by atoms with E-state index in [4.69, 9.17) is 14.2 Å². The number of ether oxygens (including phenoxy) is 3. The maximum Gasteiger partial charge on any atom is 0.273 e. The zero-order valence-electron chi connectivity index (χ0n) is 17.2. The Morgan fingerprint density at radius 2 is 1.93 bits per heavy atom. The van der Waals surface area contributed by atoms with Crippen LogP contribution < -0.4 is 9.47 Å². The number of benzene rings is 1. The highest BCUT2D eigenvalue weighted by molar-refractivity contribution is 6.00. The number of methoxy groups -OCH3 is 3. The Morgan fingerprint density at radius 3 is 2.63 bits per heavy atom. The van der Waals surface area contributed by atoms with Crippen LogP contribution in [0.5, 0.6) is 11.5 Å². The van der Waals surface area contributed by atoms with Gasteiger partial charge in [0.25, 0.3) is 5.91 Å². The maximum atomic E-state index is 13.2. The van der Waals surface area contributed by atoms with Gasteiger partial charge in [0, 0.05) is 37.6 Å². The number of rotatable bonds is 8. The van der Waals surface area contributed by atoms with Crippen LogP contribution in [-0.4, -0.2) is 60.5 Å². The number of carbonyl (C=O) groups excluding carboxylic acids is 1. The molecular weight excluding hydrogens is 384 g/mol. The van der Waals surface area contributed by atoms with Crippen LogP contribution in [0.2, 0.25) is 0 Å². The van der Waals surface area contributed by atoms with Crippen LogP contribution in [0, 0.1) is 0 Å². The second kappa shape index (κ2) is 8.54. The number of nitrogens with zero attached hydrogens (tertiary/aromatic N) is 3. The molecule has 30 heavy (non-hydrogen) atoms. The predicted octanol–water partition coefficient (Wildman–Crippen LogP) is 3.07. The summed E-state index contributed by atoms with van der Waals surface area (Å²) < 4.78 is 16.0. The number of aromatic amines is 1. The van der Waals surface area contributed by atoms with Crippen molar-refractivity contribution in [3.63, 3.8) is 0 Å². The molecule has 1 atom stereocenters. The fraction of sp³-hybridized carbons (Fsp3) is 0.318. The van der Waals surface area contributed by atoms with Crippen LogP contribution >= 0.6 is 0 Å². The van der Waals surface area contributed by atoms with Crippen molar-refractivity contribution in [2.24, 2.45) is 0 Å². The van der Waals surface area contributed by atoms with E-state index >= 15 is 0 Å². The molecule has 2 aromatic heterocycles. The average Bonchev–Trinajstić information content (AvgIpc) is 3.33. The molecule has 1 unspecified atom stereocenters. The van der Waals surface area contributed by atoms with Gasteiger partial charge in [-0.3, -0.25) is 14.9 Å². The highest BCUT2D eigenvalue weighted by Crippen LogP contribution is 2.43. The lowest BCUT2D eigenvalue weighted by atomic mass is 9.99. The number of hydrogen-bond acceptors (Lipinski definition) is 6. The van der Waals surface area contributed by atoms with Gasteiger partial charge < -0.3 is 19.1 Å². The normalized spacial score (nSPS) is 15.4. The Kier molecular flexibility index (Phi) is 5.67. The predicted molar refractivity (Wildman–Crippen MR) is 111 cm³/mol. The summed E-state index contributed by atoms with van der Waals surface area (Å²) in [4.78, 5) is 19.5. The molecule has 0 bridgehead atoms. The highest BCUT2D eigenvalue weighted by Gasteiger charge is 2.42. The van der Waals surface area contributed by atoms with E-state index < -0.39 is 0 Å². The van der Waals surface area contributed by atoms with E-state index in [-0.39, 0.29) is 11.9 Å². The van der Waals surface area contributed by atoms with Crippen molar-refractivity contribution in [3.05, 3.63) is 59.5 Å². The summed E-state index contributed by atoms with van der Waals surface area (Å²) in [5.74, 6) is 1.14. The number of aromatic nitrogens is 3.